The average molecular weight is 247 g/mol. The Labute approximate surface area is 108 Å². The van der Waals surface area contributed by atoms with Gasteiger partial charge in [0.1, 0.15) is 5.69 Å². The van der Waals surface area contributed by atoms with Crippen LogP contribution in [0.5, 0.6) is 0 Å². The van der Waals surface area contributed by atoms with Crippen LogP contribution in [0.25, 0.3) is 0 Å². The highest BCUT2D eigenvalue weighted by Crippen LogP contribution is 2.31. The van der Waals surface area contributed by atoms with Crippen molar-refractivity contribution in [2.24, 2.45) is 0 Å². The second-order valence-electron chi connectivity index (χ2n) is 5.45. The SMILES string of the molecule is CC1CCCc2[nH]c(C(=O)N3CCNCC3)cc21. The van der Waals surface area contributed by atoms with Crippen LogP contribution in [0.15, 0.2) is 6.07 Å². The quantitative estimate of drug-likeness (QED) is 0.790. The highest BCUT2D eigenvalue weighted by atomic mass is 16.2. The van der Waals surface area contributed by atoms with Crippen LogP contribution in [0, 0.1) is 0 Å². The largest absolute Gasteiger partial charge is 0.354 e. The molecule has 1 atom stereocenters. The molecule has 4 heteroatoms. The number of carbonyl (C=O) groups excluding carboxylic acids is 1. The molecule has 1 aliphatic carbocycles. The highest BCUT2D eigenvalue weighted by Gasteiger charge is 2.24. The van der Waals surface area contributed by atoms with Gasteiger partial charge in [-0.05, 0) is 36.8 Å². The number of rotatable bonds is 1. The maximum Gasteiger partial charge on any atom is 0.270 e. The van der Waals surface area contributed by atoms with E-state index in [9.17, 15) is 4.79 Å². The summed E-state index contributed by atoms with van der Waals surface area (Å²) in [6.07, 6.45) is 3.57. The summed E-state index contributed by atoms with van der Waals surface area (Å²) >= 11 is 0. The highest BCUT2D eigenvalue weighted by molar-refractivity contribution is 5.93. The summed E-state index contributed by atoms with van der Waals surface area (Å²) < 4.78 is 0. The minimum absolute atomic E-state index is 0.165. The van der Waals surface area contributed by atoms with Gasteiger partial charge in [0, 0.05) is 31.9 Å². The number of aryl methyl sites for hydroxylation is 1. The summed E-state index contributed by atoms with van der Waals surface area (Å²) in [7, 11) is 0. The predicted molar refractivity (Wildman–Crippen MR) is 70.9 cm³/mol. The molecule has 2 heterocycles. The predicted octanol–water partition coefficient (Wildman–Crippen LogP) is 1.50. The van der Waals surface area contributed by atoms with Gasteiger partial charge in [-0.25, -0.2) is 0 Å². The minimum Gasteiger partial charge on any atom is -0.354 e. The number of aromatic nitrogens is 1. The number of aromatic amines is 1. The molecular formula is C14H21N3O. The molecule has 1 aromatic heterocycles. The monoisotopic (exact) mass is 247 g/mol. The van der Waals surface area contributed by atoms with Gasteiger partial charge in [-0.2, -0.15) is 0 Å². The lowest BCUT2D eigenvalue weighted by Crippen LogP contribution is -2.46. The van der Waals surface area contributed by atoms with Crippen LogP contribution < -0.4 is 5.32 Å². The van der Waals surface area contributed by atoms with Crippen LogP contribution in [-0.2, 0) is 6.42 Å². The van der Waals surface area contributed by atoms with Gasteiger partial charge in [-0.3, -0.25) is 4.79 Å². The maximum absolute atomic E-state index is 12.4. The standard InChI is InChI=1S/C14H21N3O/c1-10-3-2-4-12-11(10)9-13(16-12)14(18)17-7-5-15-6-8-17/h9-10,15-16H,2-8H2,1H3. The first-order valence-electron chi connectivity index (χ1n) is 6.97. The van der Waals surface area contributed by atoms with E-state index in [1.54, 1.807) is 0 Å². The third-order valence-electron chi connectivity index (χ3n) is 4.16. The number of H-pyrrole nitrogens is 1. The first-order chi connectivity index (χ1) is 8.75. The second kappa shape index (κ2) is 4.76. The molecule has 1 fully saturated rings. The molecule has 18 heavy (non-hydrogen) atoms. The zero-order chi connectivity index (χ0) is 12.5. The van der Waals surface area contributed by atoms with Crippen molar-refractivity contribution in [2.75, 3.05) is 26.2 Å². The summed E-state index contributed by atoms with van der Waals surface area (Å²) in [6.45, 7) is 5.70. The molecule has 1 unspecified atom stereocenters. The first-order valence-corrected chi connectivity index (χ1v) is 6.97. The third-order valence-corrected chi connectivity index (χ3v) is 4.16. The molecule has 2 aliphatic rings. The topological polar surface area (TPSA) is 48.1 Å². The summed E-state index contributed by atoms with van der Waals surface area (Å²) in [4.78, 5) is 17.7. The lowest BCUT2D eigenvalue weighted by atomic mass is 9.88. The molecule has 0 aromatic carbocycles. The molecule has 0 saturated carbocycles. The summed E-state index contributed by atoms with van der Waals surface area (Å²) in [5.41, 5.74) is 3.43. The summed E-state index contributed by atoms with van der Waals surface area (Å²) in [5.74, 6) is 0.757. The molecule has 0 bridgehead atoms. The first kappa shape index (κ1) is 11.8. The van der Waals surface area contributed by atoms with E-state index in [2.05, 4.69) is 23.3 Å². The van der Waals surface area contributed by atoms with E-state index in [0.29, 0.717) is 5.92 Å². The molecule has 1 aromatic rings. The molecule has 1 aliphatic heterocycles. The van der Waals surface area contributed by atoms with Crippen LogP contribution >= 0.6 is 0 Å². The zero-order valence-corrected chi connectivity index (χ0v) is 11.0. The molecule has 4 nitrogen and oxygen atoms in total. The zero-order valence-electron chi connectivity index (χ0n) is 11.0. The van der Waals surface area contributed by atoms with Gasteiger partial charge in [0.25, 0.3) is 5.91 Å². The second-order valence-corrected chi connectivity index (χ2v) is 5.45. The lowest BCUT2D eigenvalue weighted by molar-refractivity contribution is 0.0730. The fourth-order valence-electron chi connectivity index (χ4n) is 3.05. The lowest BCUT2D eigenvalue weighted by Gasteiger charge is -2.26. The van der Waals surface area contributed by atoms with Crippen molar-refractivity contribution in [2.45, 2.75) is 32.1 Å². The number of piperazine rings is 1. The van der Waals surface area contributed by atoms with Crippen LogP contribution in [0.2, 0.25) is 0 Å². The minimum atomic E-state index is 0.165. The Morgan fingerprint density at radius 3 is 2.89 bits per heavy atom. The van der Waals surface area contributed by atoms with Gasteiger partial charge in [0.2, 0.25) is 0 Å². The molecule has 1 saturated heterocycles. The van der Waals surface area contributed by atoms with E-state index in [1.165, 1.54) is 24.1 Å². The van der Waals surface area contributed by atoms with Crippen molar-refractivity contribution in [1.29, 1.82) is 0 Å². The van der Waals surface area contributed by atoms with E-state index in [0.717, 1.165) is 38.3 Å². The summed E-state index contributed by atoms with van der Waals surface area (Å²) in [6, 6.07) is 2.09. The van der Waals surface area contributed by atoms with Gasteiger partial charge in [-0.15, -0.1) is 0 Å². The van der Waals surface area contributed by atoms with Gasteiger partial charge in [-0.1, -0.05) is 6.92 Å². The molecule has 98 valence electrons. The van der Waals surface area contributed by atoms with Crippen molar-refractivity contribution in [3.05, 3.63) is 23.0 Å². The third kappa shape index (κ3) is 2.05. The Morgan fingerprint density at radius 2 is 2.17 bits per heavy atom. The number of nitrogens with one attached hydrogen (secondary N) is 2. The molecular weight excluding hydrogens is 226 g/mol. The molecule has 0 radical (unpaired) electrons. The average Bonchev–Trinajstić information content (AvgIpc) is 2.84. The van der Waals surface area contributed by atoms with Gasteiger partial charge >= 0.3 is 0 Å². The van der Waals surface area contributed by atoms with E-state index in [1.807, 2.05) is 4.90 Å². The van der Waals surface area contributed by atoms with Crippen molar-refractivity contribution in [3.8, 4) is 0 Å². The van der Waals surface area contributed by atoms with Crippen molar-refractivity contribution in [3.63, 3.8) is 0 Å². The van der Waals surface area contributed by atoms with E-state index in [4.69, 9.17) is 0 Å². The van der Waals surface area contributed by atoms with Crippen LogP contribution in [0.4, 0.5) is 0 Å². The fraction of sp³-hybridized carbons (Fsp3) is 0.643. The molecule has 1 amide bonds. The smallest absolute Gasteiger partial charge is 0.270 e. The number of amides is 1. The van der Waals surface area contributed by atoms with Gasteiger partial charge < -0.3 is 15.2 Å². The Bertz CT molecular complexity index is 446. The normalized spacial score (nSPS) is 23.8. The van der Waals surface area contributed by atoms with E-state index in [-0.39, 0.29) is 5.91 Å². The number of nitrogens with zero attached hydrogens (tertiary/aromatic N) is 1. The summed E-state index contributed by atoms with van der Waals surface area (Å²) in [5, 5.41) is 3.27. The molecule has 3 rings (SSSR count). The number of hydrogen-bond donors (Lipinski definition) is 2. The van der Waals surface area contributed by atoms with Gasteiger partial charge in [0.15, 0.2) is 0 Å². The molecule has 0 spiro atoms. The Morgan fingerprint density at radius 1 is 1.39 bits per heavy atom. The number of carbonyl (C=O) groups is 1. The van der Waals surface area contributed by atoms with Crippen LogP contribution in [0.3, 0.4) is 0 Å². The van der Waals surface area contributed by atoms with E-state index < -0.39 is 0 Å². The number of hydrogen-bond acceptors (Lipinski definition) is 2. The van der Waals surface area contributed by atoms with Crippen molar-refractivity contribution in [1.82, 2.24) is 15.2 Å². The van der Waals surface area contributed by atoms with Crippen LogP contribution in [0.1, 0.15) is 47.4 Å². The Balaban J connectivity index is 1.81. The van der Waals surface area contributed by atoms with Crippen LogP contribution in [-0.4, -0.2) is 42.0 Å². The maximum atomic E-state index is 12.4. The van der Waals surface area contributed by atoms with Crippen molar-refractivity contribution < 1.29 is 4.79 Å². The van der Waals surface area contributed by atoms with Crippen molar-refractivity contribution >= 4 is 5.91 Å². The van der Waals surface area contributed by atoms with E-state index >= 15 is 0 Å². The van der Waals surface area contributed by atoms with Gasteiger partial charge in [0.05, 0.1) is 0 Å². The fourth-order valence-corrected chi connectivity index (χ4v) is 3.05. The molecule has 2 N–H and O–H groups in total. The Kier molecular flexibility index (Phi) is 3.12. The Hall–Kier alpha value is -1.29. The number of fused-ring (bicyclic) bond motifs is 1.